The highest BCUT2D eigenvalue weighted by molar-refractivity contribution is 5.91. The summed E-state index contributed by atoms with van der Waals surface area (Å²) >= 11 is 0. The first-order chi connectivity index (χ1) is 14.9. The Labute approximate surface area is 176 Å². The number of aryl methyl sites for hydroxylation is 3. The predicted molar refractivity (Wildman–Crippen MR) is 119 cm³/mol. The molecule has 9 heteroatoms. The molecular formula is C22H21N7O2. The van der Waals surface area contributed by atoms with Crippen LogP contribution < -0.4 is 16.9 Å². The van der Waals surface area contributed by atoms with E-state index in [0.717, 1.165) is 33.7 Å². The summed E-state index contributed by atoms with van der Waals surface area (Å²) < 4.78 is 5.39. The van der Waals surface area contributed by atoms with Gasteiger partial charge in [-0.2, -0.15) is 10.2 Å². The number of H-pyrrole nitrogens is 1. The van der Waals surface area contributed by atoms with Crippen LogP contribution in [0, 0.1) is 6.92 Å². The van der Waals surface area contributed by atoms with Gasteiger partial charge in [-0.3, -0.25) is 18.7 Å². The van der Waals surface area contributed by atoms with E-state index in [-0.39, 0.29) is 17.7 Å². The summed E-state index contributed by atoms with van der Waals surface area (Å²) in [5.41, 5.74) is 11.2. The van der Waals surface area contributed by atoms with E-state index >= 15 is 0 Å². The van der Waals surface area contributed by atoms with Crippen molar-refractivity contribution in [3.8, 4) is 22.5 Å². The summed E-state index contributed by atoms with van der Waals surface area (Å²) in [6.07, 6.45) is 3.53. The van der Waals surface area contributed by atoms with Gasteiger partial charge < -0.3 is 10.3 Å². The number of nitrogens with two attached hydrogens (primary N) is 1. The van der Waals surface area contributed by atoms with E-state index in [2.05, 4.69) is 15.3 Å². The van der Waals surface area contributed by atoms with Gasteiger partial charge in [-0.05, 0) is 36.2 Å². The van der Waals surface area contributed by atoms with Crippen LogP contribution >= 0.6 is 0 Å². The van der Waals surface area contributed by atoms with Crippen LogP contribution in [0.25, 0.3) is 38.9 Å². The normalized spacial score (nSPS) is 11.6. The van der Waals surface area contributed by atoms with Gasteiger partial charge in [-0.25, -0.2) is 5.10 Å². The molecule has 0 fully saturated rings. The minimum absolute atomic E-state index is 0.108. The third-order valence-electron chi connectivity index (χ3n) is 5.71. The van der Waals surface area contributed by atoms with Gasteiger partial charge in [0.1, 0.15) is 5.65 Å². The molecule has 0 aliphatic rings. The Morgan fingerprint density at radius 2 is 1.90 bits per heavy atom. The van der Waals surface area contributed by atoms with Crippen LogP contribution in [0.4, 0.5) is 0 Å². The Morgan fingerprint density at radius 1 is 1.10 bits per heavy atom. The molecular weight excluding hydrogens is 394 g/mol. The fourth-order valence-corrected chi connectivity index (χ4v) is 4.27. The van der Waals surface area contributed by atoms with E-state index in [9.17, 15) is 9.59 Å². The van der Waals surface area contributed by atoms with Gasteiger partial charge in [0.2, 0.25) is 0 Å². The summed E-state index contributed by atoms with van der Waals surface area (Å²) in [4.78, 5) is 25.0. The highest BCUT2D eigenvalue weighted by atomic mass is 16.1. The number of hydrogen-bond donors (Lipinski definition) is 2. The Balaban J connectivity index is 1.82. The maximum Gasteiger partial charge on any atom is 0.272 e. The number of aromatic amines is 1. The van der Waals surface area contributed by atoms with Crippen LogP contribution in [0.15, 0.2) is 52.3 Å². The minimum atomic E-state index is -0.262. The van der Waals surface area contributed by atoms with Gasteiger partial charge in [-0.1, -0.05) is 6.07 Å². The number of fused-ring (bicyclic) bond motifs is 2. The second-order valence-corrected chi connectivity index (χ2v) is 7.63. The molecule has 0 spiro atoms. The van der Waals surface area contributed by atoms with Crippen molar-refractivity contribution < 1.29 is 0 Å². The molecule has 5 rings (SSSR count). The Kier molecular flexibility index (Phi) is 4.16. The number of nitrogens with zero attached hydrogens (tertiary/aromatic N) is 5. The molecule has 0 atom stereocenters. The third kappa shape index (κ3) is 2.74. The van der Waals surface area contributed by atoms with Gasteiger partial charge in [0, 0.05) is 43.9 Å². The molecule has 9 nitrogen and oxygen atoms in total. The second-order valence-electron chi connectivity index (χ2n) is 7.63. The van der Waals surface area contributed by atoms with Crippen LogP contribution in [0.3, 0.4) is 0 Å². The zero-order valence-electron chi connectivity index (χ0n) is 17.4. The number of rotatable bonds is 3. The zero-order valence-corrected chi connectivity index (χ0v) is 17.4. The third-order valence-corrected chi connectivity index (χ3v) is 5.71. The fourth-order valence-electron chi connectivity index (χ4n) is 4.27. The van der Waals surface area contributed by atoms with Crippen LogP contribution in [0.5, 0.6) is 0 Å². The lowest BCUT2D eigenvalue weighted by atomic mass is 10.0. The maximum absolute atomic E-state index is 12.8. The first-order valence-electron chi connectivity index (χ1n) is 9.82. The Morgan fingerprint density at radius 3 is 2.68 bits per heavy atom. The van der Waals surface area contributed by atoms with Gasteiger partial charge in [-0.15, -0.1) is 0 Å². The summed E-state index contributed by atoms with van der Waals surface area (Å²) in [5.74, 6) is 0. The number of nitrogens with one attached hydrogen (secondary N) is 1. The lowest BCUT2D eigenvalue weighted by molar-refractivity contribution is 0.770. The quantitative estimate of drug-likeness (QED) is 0.465. The smallest absolute Gasteiger partial charge is 0.272 e. The van der Waals surface area contributed by atoms with Gasteiger partial charge in [0.05, 0.1) is 28.7 Å². The van der Waals surface area contributed by atoms with Crippen molar-refractivity contribution in [3.05, 3.63) is 74.7 Å². The van der Waals surface area contributed by atoms with Crippen molar-refractivity contribution in [3.63, 3.8) is 0 Å². The zero-order chi connectivity index (χ0) is 21.9. The highest BCUT2D eigenvalue weighted by Crippen LogP contribution is 2.34. The highest BCUT2D eigenvalue weighted by Gasteiger charge is 2.20. The van der Waals surface area contributed by atoms with E-state index in [0.29, 0.717) is 16.5 Å². The molecule has 0 unspecified atom stereocenters. The first-order valence-corrected chi connectivity index (χ1v) is 9.82. The SMILES string of the molecule is Cc1cc(-c2c(-c3ccc4c(=O)[nH]nc(CN)c4c3)cnn2C)n2c(=O)ccn(C)c12. The largest absolute Gasteiger partial charge is 0.337 e. The lowest BCUT2D eigenvalue weighted by Crippen LogP contribution is -2.16. The average Bonchev–Trinajstić information content (AvgIpc) is 3.31. The van der Waals surface area contributed by atoms with Crippen molar-refractivity contribution in [2.45, 2.75) is 13.5 Å². The topological polar surface area (TPSA) is 116 Å². The fraction of sp³-hybridized carbons (Fsp3) is 0.182. The molecule has 0 aliphatic heterocycles. The van der Waals surface area contributed by atoms with Crippen LogP contribution in [-0.2, 0) is 20.6 Å². The molecule has 156 valence electrons. The van der Waals surface area contributed by atoms with Crippen molar-refractivity contribution in [2.24, 2.45) is 19.8 Å². The summed E-state index contributed by atoms with van der Waals surface area (Å²) in [6.45, 7) is 2.19. The van der Waals surface area contributed by atoms with Crippen molar-refractivity contribution in [1.29, 1.82) is 0 Å². The second kappa shape index (κ2) is 6.78. The van der Waals surface area contributed by atoms with E-state index in [1.807, 2.05) is 43.8 Å². The number of benzene rings is 1. The number of hydrogen-bond acceptors (Lipinski definition) is 5. The van der Waals surface area contributed by atoms with Crippen molar-refractivity contribution >= 4 is 16.4 Å². The van der Waals surface area contributed by atoms with E-state index in [4.69, 9.17) is 5.73 Å². The summed E-state index contributed by atoms with van der Waals surface area (Å²) in [5, 5.41) is 12.3. The monoisotopic (exact) mass is 415 g/mol. The van der Waals surface area contributed by atoms with Crippen LogP contribution in [0.1, 0.15) is 11.3 Å². The molecule has 4 aromatic heterocycles. The van der Waals surface area contributed by atoms with Crippen LogP contribution in [0.2, 0.25) is 0 Å². The molecule has 0 amide bonds. The maximum atomic E-state index is 12.8. The van der Waals surface area contributed by atoms with Crippen molar-refractivity contribution in [2.75, 3.05) is 0 Å². The first kappa shape index (κ1) is 19.0. The van der Waals surface area contributed by atoms with Gasteiger partial charge >= 0.3 is 0 Å². The molecule has 5 aromatic rings. The van der Waals surface area contributed by atoms with Gasteiger partial charge in [0.15, 0.2) is 0 Å². The summed E-state index contributed by atoms with van der Waals surface area (Å²) in [7, 11) is 3.76. The van der Waals surface area contributed by atoms with E-state index < -0.39 is 0 Å². The molecule has 4 heterocycles. The van der Waals surface area contributed by atoms with E-state index in [1.165, 1.54) is 0 Å². The van der Waals surface area contributed by atoms with Crippen LogP contribution in [-0.4, -0.2) is 28.9 Å². The number of aromatic nitrogens is 6. The molecule has 0 aliphatic carbocycles. The Hall–Kier alpha value is -3.98. The molecule has 31 heavy (non-hydrogen) atoms. The lowest BCUT2D eigenvalue weighted by Gasteiger charge is -2.10. The molecule has 0 radical (unpaired) electrons. The van der Waals surface area contributed by atoms with E-state index in [1.54, 1.807) is 33.6 Å². The molecule has 0 saturated heterocycles. The molecule has 1 aromatic carbocycles. The van der Waals surface area contributed by atoms with Gasteiger partial charge in [0.25, 0.3) is 11.1 Å². The molecule has 0 saturated carbocycles. The predicted octanol–water partition coefficient (Wildman–Crippen LogP) is 1.71. The van der Waals surface area contributed by atoms with Crippen molar-refractivity contribution in [1.82, 2.24) is 28.9 Å². The average molecular weight is 415 g/mol. The summed E-state index contributed by atoms with van der Waals surface area (Å²) in [6, 6.07) is 9.09. The Bertz CT molecular complexity index is 1600. The standard InChI is InChI=1S/C22H21N7O2/c1-12-8-18(29-19(30)6-7-27(2)22(12)29)20-16(11-24-28(20)3)13-4-5-14-15(9-13)17(10-23)25-26-21(14)31/h4-9,11H,10,23H2,1-3H3,(H,26,31). The minimum Gasteiger partial charge on any atom is -0.337 e. The molecule has 3 N–H and O–H groups in total. The molecule has 0 bridgehead atoms.